The van der Waals surface area contributed by atoms with Gasteiger partial charge < -0.3 is 0 Å². The molecule has 0 saturated carbocycles. The Labute approximate surface area is 220 Å². The molecular weight excluding hydrogens is 463 g/mol. The van der Waals surface area contributed by atoms with E-state index < -0.39 is 0 Å². The molecule has 0 aliphatic carbocycles. The summed E-state index contributed by atoms with van der Waals surface area (Å²) in [5, 5.41) is 3.17. The van der Waals surface area contributed by atoms with E-state index in [1.165, 1.54) is 4.90 Å². The van der Waals surface area contributed by atoms with Gasteiger partial charge in [0, 0.05) is 11.9 Å². The van der Waals surface area contributed by atoms with Gasteiger partial charge in [0.2, 0.25) is 0 Å². The standard InChI is InChI=1S/C13H14BrNO2.C8H5NO2.K.H/c14-8-4-1-5-9-15-12(16)10-6-2-3-7-11(10)13(15)17;10-7-5-3-1-2-4-6(5)8(11)9-7;;/h2-3,6-7H,1,4-5,8-9H2;1-4H,(H,9,10,11);;. The van der Waals surface area contributed by atoms with Gasteiger partial charge in [-0.2, -0.15) is 0 Å². The van der Waals surface area contributed by atoms with Gasteiger partial charge in [-0.15, -0.1) is 0 Å². The SMILES string of the molecule is O=C1NC(=O)c2ccccc21.O=C1c2ccccc2C(=O)N1CCCCCBr.[KH]. The molecule has 2 aliphatic rings. The molecular formula is C21H20BrKN2O4. The predicted octanol–water partition coefficient (Wildman–Crippen LogP) is 2.77. The minimum absolute atomic E-state index is 0. The molecule has 4 rings (SSSR count). The molecule has 2 aromatic carbocycles. The molecule has 2 heterocycles. The van der Waals surface area contributed by atoms with Gasteiger partial charge in [-0.1, -0.05) is 46.6 Å². The Morgan fingerprint density at radius 3 is 1.59 bits per heavy atom. The number of benzene rings is 2. The summed E-state index contributed by atoms with van der Waals surface area (Å²) in [5.41, 5.74) is 2.02. The van der Waals surface area contributed by atoms with Crippen molar-refractivity contribution in [2.24, 2.45) is 0 Å². The van der Waals surface area contributed by atoms with Crippen LogP contribution in [0.4, 0.5) is 0 Å². The number of rotatable bonds is 5. The number of carbonyl (C=O) groups is 4. The number of hydrogen-bond acceptors (Lipinski definition) is 4. The topological polar surface area (TPSA) is 83.5 Å². The number of halogens is 1. The van der Waals surface area contributed by atoms with Crippen LogP contribution >= 0.6 is 15.9 Å². The average molecular weight is 483 g/mol. The minimum atomic E-state index is -0.300. The first-order valence-corrected chi connectivity index (χ1v) is 10.1. The van der Waals surface area contributed by atoms with Crippen LogP contribution in [0.1, 0.15) is 60.7 Å². The average Bonchev–Trinajstić information content (AvgIpc) is 3.14. The number of hydrogen-bond donors (Lipinski definition) is 1. The number of imide groups is 2. The number of alkyl halides is 1. The summed E-state index contributed by atoms with van der Waals surface area (Å²) in [6, 6.07) is 13.7. The number of unbranched alkanes of at least 4 members (excludes halogenated alkanes) is 2. The van der Waals surface area contributed by atoms with Gasteiger partial charge in [0.1, 0.15) is 0 Å². The quantitative estimate of drug-likeness (QED) is 0.307. The Bertz CT molecular complexity index is 880. The van der Waals surface area contributed by atoms with Crippen molar-refractivity contribution in [1.82, 2.24) is 10.2 Å². The first kappa shape index (κ1) is 24.1. The molecule has 6 nitrogen and oxygen atoms in total. The third kappa shape index (κ3) is 5.51. The molecule has 29 heavy (non-hydrogen) atoms. The number of fused-ring (bicyclic) bond motifs is 2. The zero-order valence-corrected chi connectivity index (χ0v) is 16.7. The maximum absolute atomic E-state index is 12.0. The van der Waals surface area contributed by atoms with Crippen LogP contribution < -0.4 is 5.32 Å². The predicted molar refractivity (Wildman–Crippen MR) is 115 cm³/mol. The van der Waals surface area contributed by atoms with Crippen LogP contribution in [-0.4, -0.2) is 91.8 Å². The van der Waals surface area contributed by atoms with E-state index in [2.05, 4.69) is 21.2 Å². The molecule has 0 aromatic heterocycles. The van der Waals surface area contributed by atoms with Crippen molar-refractivity contribution in [3.63, 3.8) is 0 Å². The zero-order chi connectivity index (χ0) is 20.1. The van der Waals surface area contributed by atoms with E-state index >= 15 is 0 Å². The fourth-order valence-corrected chi connectivity index (χ4v) is 3.50. The summed E-state index contributed by atoms with van der Waals surface area (Å²) < 4.78 is 0. The van der Waals surface area contributed by atoms with Crippen LogP contribution in [0.5, 0.6) is 0 Å². The van der Waals surface area contributed by atoms with Gasteiger partial charge in [0.25, 0.3) is 23.6 Å². The molecule has 4 amide bonds. The Morgan fingerprint density at radius 2 is 1.14 bits per heavy atom. The molecule has 0 fully saturated rings. The fourth-order valence-electron chi connectivity index (χ4n) is 3.10. The normalized spacial score (nSPS) is 13.9. The van der Waals surface area contributed by atoms with Crippen molar-refractivity contribution in [2.75, 3.05) is 11.9 Å². The van der Waals surface area contributed by atoms with Crippen molar-refractivity contribution in [2.45, 2.75) is 19.3 Å². The molecule has 146 valence electrons. The van der Waals surface area contributed by atoms with Crippen molar-refractivity contribution in [1.29, 1.82) is 0 Å². The molecule has 0 spiro atoms. The number of nitrogens with one attached hydrogen (secondary N) is 1. The van der Waals surface area contributed by atoms with Crippen molar-refractivity contribution >= 4 is 90.9 Å². The van der Waals surface area contributed by atoms with E-state index in [1.54, 1.807) is 48.5 Å². The van der Waals surface area contributed by atoms with Crippen LogP contribution in [0, 0.1) is 0 Å². The summed E-state index contributed by atoms with van der Waals surface area (Å²) in [7, 11) is 0. The zero-order valence-electron chi connectivity index (χ0n) is 15.1. The van der Waals surface area contributed by atoms with E-state index in [1.807, 2.05) is 0 Å². The van der Waals surface area contributed by atoms with E-state index in [9.17, 15) is 19.2 Å². The third-order valence-electron chi connectivity index (χ3n) is 4.54. The maximum atomic E-state index is 12.0. The first-order valence-electron chi connectivity index (χ1n) is 9.00. The molecule has 2 aliphatic heterocycles. The molecule has 0 saturated heterocycles. The second-order valence-corrected chi connectivity index (χ2v) is 7.18. The van der Waals surface area contributed by atoms with E-state index in [0.717, 1.165) is 24.6 Å². The summed E-state index contributed by atoms with van der Waals surface area (Å²) in [5.74, 6) is -0.898. The molecule has 0 radical (unpaired) electrons. The van der Waals surface area contributed by atoms with Crippen molar-refractivity contribution < 1.29 is 19.2 Å². The fraction of sp³-hybridized carbons (Fsp3) is 0.238. The Balaban J connectivity index is 0.000000217. The van der Waals surface area contributed by atoms with Crippen LogP contribution in [0.15, 0.2) is 48.5 Å². The Kier molecular flexibility index (Phi) is 9.38. The molecule has 0 unspecified atom stereocenters. The van der Waals surface area contributed by atoms with Crippen molar-refractivity contribution in [3.8, 4) is 0 Å². The molecule has 2 aromatic rings. The van der Waals surface area contributed by atoms with Crippen LogP contribution in [-0.2, 0) is 0 Å². The van der Waals surface area contributed by atoms with Gasteiger partial charge in [-0.05, 0) is 37.1 Å². The van der Waals surface area contributed by atoms with Crippen molar-refractivity contribution in [3.05, 3.63) is 70.8 Å². The molecule has 8 heteroatoms. The monoisotopic (exact) mass is 482 g/mol. The van der Waals surface area contributed by atoms with E-state index in [-0.39, 0.29) is 75.0 Å². The first-order chi connectivity index (χ1) is 13.5. The van der Waals surface area contributed by atoms with Crippen LogP contribution in [0.2, 0.25) is 0 Å². The molecule has 0 bridgehead atoms. The molecule has 1 N–H and O–H groups in total. The summed E-state index contributed by atoms with van der Waals surface area (Å²) in [4.78, 5) is 47.2. The Morgan fingerprint density at radius 1 is 0.690 bits per heavy atom. The van der Waals surface area contributed by atoms with E-state index in [0.29, 0.717) is 28.8 Å². The van der Waals surface area contributed by atoms with Gasteiger partial charge >= 0.3 is 51.4 Å². The molecule has 0 atom stereocenters. The Hall–Kier alpha value is -1.16. The van der Waals surface area contributed by atoms with Gasteiger partial charge in [-0.25, -0.2) is 0 Å². The number of carbonyl (C=O) groups excluding carboxylic acids is 4. The van der Waals surface area contributed by atoms with E-state index in [4.69, 9.17) is 0 Å². The number of amides is 4. The summed E-state index contributed by atoms with van der Waals surface area (Å²) >= 11 is 3.36. The second kappa shape index (κ2) is 11.3. The third-order valence-corrected chi connectivity index (χ3v) is 5.10. The summed E-state index contributed by atoms with van der Waals surface area (Å²) in [6.45, 7) is 0.527. The van der Waals surface area contributed by atoms with Crippen LogP contribution in [0.25, 0.3) is 0 Å². The number of nitrogens with zero attached hydrogens (tertiary/aromatic N) is 1. The summed E-state index contributed by atoms with van der Waals surface area (Å²) in [6.07, 6.45) is 2.97. The van der Waals surface area contributed by atoms with Gasteiger partial charge in [-0.3, -0.25) is 29.4 Å². The second-order valence-electron chi connectivity index (χ2n) is 6.39. The van der Waals surface area contributed by atoms with Crippen LogP contribution in [0.3, 0.4) is 0 Å². The van der Waals surface area contributed by atoms with Gasteiger partial charge in [0.05, 0.1) is 22.3 Å². The van der Waals surface area contributed by atoms with Gasteiger partial charge in [0.15, 0.2) is 0 Å².